The number of para-hydroxylation sites is 2. The molecule has 0 saturated carbocycles. The zero-order valence-corrected chi connectivity index (χ0v) is 15.8. The van der Waals surface area contributed by atoms with Crippen molar-refractivity contribution >= 4 is 28.9 Å². The minimum Gasteiger partial charge on any atom is -0.323 e. The molecule has 3 aromatic carbocycles. The molecule has 5 heteroatoms. The highest BCUT2D eigenvalue weighted by Crippen LogP contribution is 2.48. The number of rotatable bonds is 3. The van der Waals surface area contributed by atoms with Crippen LogP contribution < -0.4 is 10.4 Å². The molecule has 28 heavy (non-hydrogen) atoms. The smallest absolute Gasteiger partial charge is 0.250 e. The lowest BCUT2D eigenvalue weighted by molar-refractivity contribution is -0.118. The quantitative estimate of drug-likeness (QED) is 0.683. The number of nitrogens with one attached hydrogen (secondary N) is 1. The predicted octanol–water partition coefficient (Wildman–Crippen LogP) is 5.01. The van der Waals surface area contributed by atoms with E-state index in [1.807, 2.05) is 60.7 Å². The fourth-order valence-corrected chi connectivity index (χ4v) is 4.41. The summed E-state index contributed by atoms with van der Waals surface area (Å²) in [6.45, 7) is 0. The van der Waals surface area contributed by atoms with Gasteiger partial charge in [-0.05, 0) is 41.8 Å². The topological polar surface area (TPSA) is 41.6 Å². The second kappa shape index (κ2) is 6.97. The van der Waals surface area contributed by atoms with E-state index in [4.69, 9.17) is 16.4 Å². The van der Waals surface area contributed by atoms with Gasteiger partial charge >= 0.3 is 0 Å². The van der Waals surface area contributed by atoms with Gasteiger partial charge in [-0.3, -0.25) is 9.63 Å². The molecule has 1 fully saturated rings. The Morgan fingerprint density at radius 1 is 0.964 bits per heavy atom. The molecule has 1 saturated heterocycles. The van der Waals surface area contributed by atoms with E-state index in [9.17, 15) is 4.79 Å². The molecular weight excluding hydrogens is 372 g/mol. The first-order valence-corrected chi connectivity index (χ1v) is 9.74. The molecule has 0 aromatic heterocycles. The summed E-state index contributed by atoms with van der Waals surface area (Å²) in [6.07, 6.45) is 0.684. The van der Waals surface area contributed by atoms with E-state index < -0.39 is 6.04 Å². The Kier molecular flexibility index (Phi) is 4.30. The fraction of sp³-hybridized carbons (Fsp3) is 0.174. The van der Waals surface area contributed by atoms with Crippen LogP contribution >= 0.6 is 11.6 Å². The van der Waals surface area contributed by atoms with Gasteiger partial charge in [0.25, 0.3) is 0 Å². The van der Waals surface area contributed by atoms with Gasteiger partial charge in [0.05, 0.1) is 16.4 Å². The lowest BCUT2D eigenvalue weighted by Crippen LogP contribution is -2.43. The average Bonchev–Trinajstić information content (AvgIpc) is 3.26. The molecule has 1 N–H and O–H groups in total. The number of carbonyl (C=O) groups is 1. The second-order valence-corrected chi connectivity index (χ2v) is 7.58. The number of hydroxylamine groups is 1. The van der Waals surface area contributed by atoms with E-state index >= 15 is 0 Å². The normalized spacial score (nSPS) is 22.6. The summed E-state index contributed by atoms with van der Waals surface area (Å²) < 4.78 is 0. The van der Waals surface area contributed by atoms with Crippen LogP contribution in [0.25, 0.3) is 0 Å². The van der Waals surface area contributed by atoms with Crippen molar-refractivity contribution in [3.63, 3.8) is 0 Å². The fourth-order valence-electron chi connectivity index (χ4n) is 4.23. The van der Waals surface area contributed by atoms with E-state index in [1.165, 1.54) is 11.1 Å². The molecule has 140 valence electrons. The van der Waals surface area contributed by atoms with Crippen molar-refractivity contribution in [2.75, 3.05) is 10.4 Å². The first-order valence-electron chi connectivity index (χ1n) is 9.36. The van der Waals surface area contributed by atoms with Gasteiger partial charge in [-0.2, -0.15) is 0 Å². The molecule has 0 unspecified atom stereocenters. The number of amides is 1. The first kappa shape index (κ1) is 17.3. The van der Waals surface area contributed by atoms with E-state index in [0.29, 0.717) is 10.7 Å². The maximum atomic E-state index is 13.4. The van der Waals surface area contributed by atoms with Crippen molar-refractivity contribution in [1.29, 1.82) is 0 Å². The van der Waals surface area contributed by atoms with Gasteiger partial charge in [0.2, 0.25) is 5.91 Å². The summed E-state index contributed by atoms with van der Waals surface area (Å²) in [5.41, 5.74) is 3.90. The molecule has 5 rings (SSSR count). The monoisotopic (exact) mass is 390 g/mol. The Bertz CT molecular complexity index is 1020. The van der Waals surface area contributed by atoms with E-state index in [-0.39, 0.29) is 17.9 Å². The number of halogens is 1. The summed E-state index contributed by atoms with van der Waals surface area (Å²) in [4.78, 5) is 19.7. The number of benzene rings is 3. The van der Waals surface area contributed by atoms with Crippen LogP contribution in [0.5, 0.6) is 0 Å². The van der Waals surface area contributed by atoms with Gasteiger partial charge in [-0.15, -0.1) is 0 Å². The number of fused-ring (bicyclic) bond motifs is 3. The zero-order chi connectivity index (χ0) is 19.1. The Labute approximate surface area is 168 Å². The predicted molar refractivity (Wildman–Crippen MR) is 110 cm³/mol. The lowest BCUT2D eigenvalue weighted by atomic mass is 9.94. The molecule has 1 aliphatic carbocycles. The Morgan fingerprint density at radius 3 is 2.50 bits per heavy atom. The molecule has 3 atom stereocenters. The second-order valence-electron chi connectivity index (χ2n) is 7.17. The third-order valence-electron chi connectivity index (χ3n) is 5.50. The zero-order valence-electron chi connectivity index (χ0n) is 15.1. The van der Waals surface area contributed by atoms with Crippen LogP contribution in [0.1, 0.15) is 17.2 Å². The molecule has 2 aliphatic rings. The maximum Gasteiger partial charge on any atom is 0.250 e. The number of hydrogen-bond acceptors (Lipinski definition) is 3. The highest BCUT2D eigenvalue weighted by Gasteiger charge is 2.51. The average molecular weight is 391 g/mol. The Hall–Kier alpha value is -2.82. The van der Waals surface area contributed by atoms with Crippen molar-refractivity contribution in [2.45, 2.75) is 18.6 Å². The summed E-state index contributed by atoms with van der Waals surface area (Å²) >= 11 is 6.25. The Balaban J connectivity index is 1.51. The third-order valence-corrected chi connectivity index (χ3v) is 5.83. The van der Waals surface area contributed by atoms with E-state index in [1.54, 1.807) is 11.1 Å². The van der Waals surface area contributed by atoms with E-state index in [2.05, 4.69) is 17.4 Å². The molecule has 0 radical (unpaired) electrons. The van der Waals surface area contributed by atoms with Crippen LogP contribution in [0, 0.1) is 5.92 Å². The van der Waals surface area contributed by atoms with Crippen molar-refractivity contribution < 1.29 is 9.63 Å². The third kappa shape index (κ3) is 2.86. The molecule has 0 spiro atoms. The number of anilines is 2. The lowest BCUT2D eigenvalue weighted by Gasteiger charge is -2.26. The van der Waals surface area contributed by atoms with Gasteiger partial charge in [-0.1, -0.05) is 66.2 Å². The van der Waals surface area contributed by atoms with Crippen LogP contribution in [0.4, 0.5) is 11.4 Å². The van der Waals surface area contributed by atoms with Gasteiger partial charge in [0.15, 0.2) is 0 Å². The van der Waals surface area contributed by atoms with E-state index in [0.717, 1.165) is 12.1 Å². The number of nitrogens with zero attached hydrogens (tertiary/aromatic N) is 1. The van der Waals surface area contributed by atoms with Crippen molar-refractivity contribution in [1.82, 2.24) is 0 Å². The molecule has 4 nitrogen and oxygen atoms in total. The maximum absolute atomic E-state index is 13.4. The molecule has 1 heterocycles. The standard InChI is InChI=1S/C23H19ClN2O2/c24-19-12-6-7-13-20(19)25-23(27)21-18-14-15-8-4-5-11-17(15)22(18)28-26(21)16-9-2-1-3-10-16/h1-13,18,21-22H,14H2,(H,25,27)/t18-,21-,22+/m1/s1. The van der Waals surface area contributed by atoms with Crippen LogP contribution in [-0.4, -0.2) is 11.9 Å². The van der Waals surface area contributed by atoms with Crippen LogP contribution in [0.3, 0.4) is 0 Å². The van der Waals surface area contributed by atoms with Gasteiger partial charge < -0.3 is 5.32 Å². The number of hydrogen-bond donors (Lipinski definition) is 1. The van der Waals surface area contributed by atoms with Crippen molar-refractivity contribution in [3.05, 3.63) is 95.0 Å². The van der Waals surface area contributed by atoms with Crippen molar-refractivity contribution in [3.8, 4) is 0 Å². The van der Waals surface area contributed by atoms with Gasteiger partial charge in [0.1, 0.15) is 12.1 Å². The molecule has 0 bridgehead atoms. The minimum atomic E-state index is -0.448. The van der Waals surface area contributed by atoms with Gasteiger partial charge in [0, 0.05) is 5.92 Å². The summed E-state index contributed by atoms with van der Waals surface area (Å²) in [7, 11) is 0. The highest BCUT2D eigenvalue weighted by molar-refractivity contribution is 6.33. The van der Waals surface area contributed by atoms with Gasteiger partial charge in [-0.25, -0.2) is 5.06 Å². The Morgan fingerprint density at radius 2 is 1.68 bits per heavy atom. The summed E-state index contributed by atoms with van der Waals surface area (Å²) in [6, 6.07) is 24.9. The van der Waals surface area contributed by atoms with Crippen LogP contribution in [-0.2, 0) is 16.1 Å². The first-order chi connectivity index (χ1) is 13.7. The molecule has 1 amide bonds. The van der Waals surface area contributed by atoms with Crippen LogP contribution in [0.15, 0.2) is 78.9 Å². The SMILES string of the molecule is O=C(Nc1ccccc1Cl)[C@H]1[C@H]2Cc3ccccc3[C@@H]2ON1c1ccccc1. The van der Waals surface area contributed by atoms with Crippen molar-refractivity contribution in [2.24, 2.45) is 5.92 Å². The summed E-state index contributed by atoms with van der Waals surface area (Å²) in [5, 5.41) is 5.28. The molecule has 3 aromatic rings. The largest absolute Gasteiger partial charge is 0.323 e. The minimum absolute atomic E-state index is 0.0418. The molecule has 1 aliphatic heterocycles. The molecular formula is C23H19ClN2O2. The summed E-state index contributed by atoms with van der Waals surface area (Å²) in [5.74, 6) is -0.0719. The van der Waals surface area contributed by atoms with Crippen LogP contribution in [0.2, 0.25) is 5.02 Å². The number of carbonyl (C=O) groups excluding carboxylic acids is 1. The highest BCUT2D eigenvalue weighted by atomic mass is 35.5.